The zero-order chi connectivity index (χ0) is 20.6. The number of furan rings is 1. The van der Waals surface area contributed by atoms with Crippen molar-refractivity contribution < 1.29 is 8.94 Å². The molecule has 7 heteroatoms. The Bertz CT molecular complexity index is 1310. The second kappa shape index (κ2) is 7.50. The largest absolute Gasteiger partial charge is 0.451 e. The molecule has 0 saturated carbocycles. The van der Waals surface area contributed by atoms with Gasteiger partial charge in [-0.15, -0.1) is 0 Å². The fourth-order valence-electron chi connectivity index (χ4n) is 4.39. The molecular weight excluding hydrogens is 390 g/mol. The Morgan fingerprint density at radius 2 is 1.90 bits per heavy atom. The van der Waals surface area contributed by atoms with E-state index >= 15 is 0 Å². The molecule has 5 aromatic rings. The van der Waals surface area contributed by atoms with Crippen LogP contribution in [-0.4, -0.2) is 33.2 Å². The predicted molar refractivity (Wildman–Crippen MR) is 118 cm³/mol. The van der Waals surface area contributed by atoms with Crippen LogP contribution in [0.15, 0.2) is 70.0 Å². The summed E-state index contributed by atoms with van der Waals surface area (Å²) in [6.07, 6.45) is 8.32. The Balaban J connectivity index is 1.13. The predicted octanol–water partition coefficient (Wildman–Crippen LogP) is 4.89. The summed E-state index contributed by atoms with van der Waals surface area (Å²) in [6.45, 7) is 1.96. The van der Waals surface area contributed by atoms with E-state index in [-0.39, 0.29) is 0 Å². The Kier molecular flexibility index (Phi) is 4.37. The fraction of sp³-hybridized carbons (Fsp3) is 0.250. The van der Waals surface area contributed by atoms with Crippen LogP contribution in [0.3, 0.4) is 0 Å². The van der Waals surface area contributed by atoms with Gasteiger partial charge in [-0.2, -0.15) is 4.98 Å². The third kappa shape index (κ3) is 3.42. The monoisotopic (exact) mass is 411 g/mol. The minimum absolute atomic E-state index is 0.420. The van der Waals surface area contributed by atoms with Gasteiger partial charge in [0.15, 0.2) is 11.6 Å². The summed E-state index contributed by atoms with van der Waals surface area (Å²) in [5.41, 5.74) is 0.763. The third-order valence-corrected chi connectivity index (χ3v) is 6.03. The topological polar surface area (TPSA) is 81.1 Å². The number of fused-ring (bicyclic) bond motifs is 2. The molecule has 1 fully saturated rings. The first-order valence-electron chi connectivity index (χ1n) is 10.6. The maximum atomic E-state index is 5.81. The van der Waals surface area contributed by atoms with Gasteiger partial charge in [0.1, 0.15) is 11.4 Å². The van der Waals surface area contributed by atoms with E-state index in [9.17, 15) is 0 Å². The quantitative estimate of drug-likeness (QED) is 0.417. The minimum Gasteiger partial charge on any atom is -0.451 e. The molecule has 0 spiro atoms. The highest BCUT2D eigenvalue weighted by atomic mass is 16.5. The van der Waals surface area contributed by atoms with E-state index in [1.807, 2.05) is 18.3 Å². The summed E-state index contributed by atoms with van der Waals surface area (Å²) in [5.74, 6) is 3.34. The van der Waals surface area contributed by atoms with Crippen LogP contribution < -0.4 is 4.90 Å². The number of anilines is 1. The van der Waals surface area contributed by atoms with Gasteiger partial charge >= 0.3 is 0 Å². The van der Waals surface area contributed by atoms with Crippen molar-refractivity contribution in [2.24, 2.45) is 5.92 Å². The lowest BCUT2D eigenvalue weighted by atomic mass is 9.93. The molecule has 0 bridgehead atoms. The molecule has 0 N–H and O–H groups in total. The summed E-state index contributed by atoms with van der Waals surface area (Å²) in [6, 6.07) is 14.2. The number of pyridine rings is 2. The van der Waals surface area contributed by atoms with Crippen molar-refractivity contribution in [2.45, 2.75) is 19.3 Å². The van der Waals surface area contributed by atoms with E-state index in [2.05, 4.69) is 55.3 Å². The molecule has 1 aliphatic rings. The number of aromatic nitrogens is 4. The average Bonchev–Trinajstić information content (AvgIpc) is 3.46. The Hall–Kier alpha value is -3.74. The molecule has 154 valence electrons. The smallest absolute Gasteiger partial charge is 0.293 e. The molecule has 5 heterocycles. The van der Waals surface area contributed by atoms with Crippen molar-refractivity contribution in [1.82, 2.24) is 20.1 Å². The molecule has 0 radical (unpaired) electrons. The van der Waals surface area contributed by atoms with Crippen LogP contribution in [0.1, 0.15) is 18.7 Å². The van der Waals surface area contributed by atoms with Gasteiger partial charge in [0, 0.05) is 48.9 Å². The molecular formula is C24H21N5O2. The van der Waals surface area contributed by atoms with Crippen LogP contribution in [0.5, 0.6) is 0 Å². The lowest BCUT2D eigenvalue weighted by Gasteiger charge is -2.33. The van der Waals surface area contributed by atoms with Crippen molar-refractivity contribution in [3.63, 3.8) is 0 Å². The first-order valence-corrected chi connectivity index (χ1v) is 10.6. The highest BCUT2D eigenvalue weighted by Crippen LogP contribution is 2.30. The van der Waals surface area contributed by atoms with Crippen LogP contribution in [0.4, 0.5) is 5.82 Å². The summed E-state index contributed by atoms with van der Waals surface area (Å²) in [5, 5.41) is 7.56. The van der Waals surface area contributed by atoms with Crippen molar-refractivity contribution in [3.05, 3.63) is 66.9 Å². The standard InChI is InChI=1S/C24H21N5O2/c1-2-4-19-17(3-1)5-10-26-23(19)29-11-7-16(8-12-29)13-22-27-24(31-28-22)21-14-18-15-25-9-6-20(18)30-21/h1-6,9-10,14-16H,7-8,11-13H2. The number of benzene rings is 1. The van der Waals surface area contributed by atoms with Gasteiger partial charge in [0.25, 0.3) is 5.89 Å². The van der Waals surface area contributed by atoms with Crippen LogP contribution in [0.25, 0.3) is 33.4 Å². The number of rotatable bonds is 4. The highest BCUT2D eigenvalue weighted by Gasteiger charge is 2.24. The van der Waals surface area contributed by atoms with E-state index in [1.165, 1.54) is 10.8 Å². The van der Waals surface area contributed by atoms with Gasteiger partial charge in [-0.05, 0) is 42.3 Å². The Morgan fingerprint density at radius 1 is 1.00 bits per heavy atom. The Morgan fingerprint density at radius 3 is 2.81 bits per heavy atom. The molecule has 1 saturated heterocycles. The molecule has 0 amide bonds. The van der Waals surface area contributed by atoms with Crippen molar-refractivity contribution in [3.8, 4) is 11.7 Å². The summed E-state index contributed by atoms with van der Waals surface area (Å²) >= 11 is 0. The van der Waals surface area contributed by atoms with Crippen LogP contribution in [-0.2, 0) is 6.42 Å². The SMILES string of the molecule is c1ccc2c(N3CCC(Cc4noc(-c5cc6cnccc6o5)n4)CC3)nccc2c1. The van der Waals surface area contributed by atoms with Crippen LogP contribution in [0, 0.1) is 5.92 Å². The molecule has 1 aromatic carbocycles. The maximum Gasteiger partial charge on any atom is 0.293 e. The molecule has 31 heavy (non-hydrogen) atoms. The van der Waals surface area contributed by atoms with Crippen molar-refractivity contribution in [2.75, 3.05) is 18.0 Å². The fourth-order valence-corrected chi connectivity index (χ4v) is 4.39. The number of hydrogen-bond donors (Lipinski definition) is 0. The molecule has 7 nitrogen and oxygen atoms in total. The second-order valence-corrected chi connectivity index (χ2v) is 8.03. The Labute approximate surface area is 178 Å². The van der Waals surface area contributed by atoms with E-state index in [0.29, 0.717) is 17.6 Å². The summed E-state index contributed by atoms with van der Waals surface area (Å²) in [7, 11) is 0. The van der Waals surface area contributed by atoms with Crippen LogP contribution >= 0.6 is 0 Å². The minimum atomic E-state index is 0.420. The number of piperidine rings is 1. The highest BCUT2D eigenvalue weighted by molar-refractivity contribution is 5.92. The lowest BCUT2D eigenvalue weighted by Crippen LogP contribution is -2.35. The van der Waals surface area contributed by atoms with Gasteiger partial charge in [0.05, 0.1) is 0 Å². The van der Waals surface area contributed by atoms with Crippen molar-refractivity contribution in [1.29, 1.82) is 0 Å². The normalized spacial score (nSPS) is 15.2. The molecule has 4 aromatic heterocycles. The first kappa shape index (κ1) is 18.1. The maximum absolute atomic E-state index is 5.81. The molecule has 0 unspecified atom stereocenters. The summed E-state index contributed by atoms with van der Waals surface area (Å²) < 4.78 is 11.3. The average molecular weight is 411 g/mol. The van der Waals surface area contributed by atoms with Crippen molar-refractivity contribution >= 4 is 27.6 Å². The van der Waals surface area contributed by atoms with E-state index in [4.69, 9.17) is 8.94 Å². The molecule has 0 aliphatic carbocycles. The molecule has 1 aliphatic heterocycles. The third-order valence-electron chi connectivity index (χ3n) is 6.03. The molecule has 6 rings (SSSR count). The lowest BCUT2D eigenvalue weighted by molar-refractivity contribution is 0.375. The van der Waals surface area contributed by atoms with Gasteiger partial charge < -0.3 is 13.8 Å². The first-order chi connectivity index (χ1) is 15.3. The van der Waals surface area contributed by atoms with E-state index in [0.717, 1.165) is 55.0 Å². The summed E-state index contributed by atoms with van der Waals surface area (Å²) in [4.78, 5) is 15.7. The second-order valence-electron chi connectivity index (χ2n) is 8.03. The van der Waals surface area contributed by atoms with Gasteiger partial charge in [-0.25, -0.2) is 4.98 Å². The molecule has 0 atom stereocenters. The van der Waals surface area contributed by atoms with Crippen LogP contribution in [0.2, 0.25) is 0 Å². The van der Waals surface area contributed by atoms with E-state index < -0.39 is 0 Å². The zero-order valence-corrected chi connectivity index (χ0v) is 16.9. The van der Waals surface area contributed by atoms with Gasteiger partial charge in [-0.3, -0.25) is 4.98 Å². The van der Waals surface area contributed by atoms with Gasteiger partial charge in [-0.1, -0.05) is 29.4 Å². The number of hydrogen-bond acceptors (Lipinski definition) is 7. The van der Waals surface area contributed by atoms with Gasteiger partial charge in [0.2, 0.25) is 0 Å². The van der Waals surface area contributed by atoms with E-state index in [1.54, 1.807) is 12.4 Å². The number of nitrogens with zero attached hydrogens (tertiary/aromatic N) is 5. The zero-order valence-electron chi connectivity index (χ0n) is 16.9.